The second kappa shape index (κ2) is 8.62. The molecule has 1 aromatic carbocycles. The number of rotatable bonds is 4. The van der Waals surface area contributed by atoms with Crippen LogP contribution in [0.1, 0.15) is 88.7 Å². The van der Waals surface area contributed by atoms with Crippen LogP contribution in [0.4, 0.5) is 8.78 Å². The first-order valence-electron chi connectivity index (χ1n) is 11.6. The molecule has 27 heavy (non-hydrogen) atoms. The van der Waals surface area contributed by atoms with Crippen LogP contribution in [0.25, 0.3) is 0 Å². The van der Waals surface area contributed by atoms with Crippen LogP contribution in [0.3, 0.4) is 0 Å². The number of halogens is 2. The van der Waals surface area contributed by atoms with Crippen molar-refractivity contribution in [3.8, 4) is 0 Å². The minimum Gasteiger partial charge on any atom is -0.204 e. The number of hydrogen-bond donors (Lipinski definition) is 0. The molecule has 1 aromatic rings. The Labute approximate surface area is 164 Å². The van der Waals surface area contributed by atoms with Crippen molar-refractivity contribution < 1.29 is 8.78 Å². The molecule has 2 fully saturated rings. The maximum Gasteiger partial charge on any atom is 0.162 e. The zero-order chi connectivity index (χ0) is 18.8. The Morgan fingerprint density at radius 3 is 2.07 bits per heavy atom. The highest BCUT2D eigenvalue weighted by molar-refractivity contribution is 5.32. The lowest BCUT2D eigenvalue weighted by Gasteiger charge is -2.37. The molecule has 1 unspecified atom stereocenters. The third-order valence-corrected chi connectivity index (χ3v) is 8.22. The van der Waals surface area contributed by atoms with Crippen LogP contribution in [-0.2, 0) is 12.8 Å². The van der Waals surface area contributed by atoms with E-state index in [-0.39, 0.29) is 0 Å². The molecule has 0 heterocycles. The van der Waals surface area contributed by atoms with E-state index in [1.165, 1.54) is 70.3 Å². The van der Waals surface area contributed by atoms with Crippen LogP contribution in [0.5, 0.6) is 0 Å². The fraction of sp³-hybridized carbons (Fsp3) is 0.760. The molecule has 3 aliphatic rings. The van der Waals surface area contributed by atoms with Crippen LogP contribution in [-0.4, -0.2) is 0 Å². The lowest BCUT2D eigenvalue weighted by atomic mass is 9.68. The lowest BCUT2D eigenvalue weighted by Crippen LogP contribution is -2.27. The summed E-state index contributed by atoms with van der Waals surface area (Å²) in [4.78, 5) is 0. The van der Waals surface area contributed by atoms with Crippen LogP contribution < -0.4 is 0 Å². The largest absolute Gasteiger partial charge is 0.204 e. The van der Waals surface area contributed by atoms with Crippen LogP contribution in [0.2, 0.25) is 0 Å². The monoisotopic (exact) mass is 374 g/mol. The van der Waals surface area contributed by atoms with Gasteiger partial charge < -0.3 is 0 Å². The van der Waals surface area contributed by atoms with E-state index in [0.29, 0.717) is 11.5 Å². The van der Waals surface area contributed by atoms with Gasteiger partial charge in [0.25, 0.3) is 0 Å². The normalized spacial score (nSPS) is 34.3. The van der Waals surface area contributed by atoms with Crippen molar-refractivity contribution in [1.29, 1.82) is 0 Å². The zero-order valence-electron chi connectivity index (χ0n) is 17.0. The smallest absolute Gasteiger partial charge is 0.162 e. The van der Waals surface area contributed by atoms with Crippen molar-refractivity contribution in [1.82, 2.24) is 0 Å². The molecule has 2 heteroatoms. The zero-order valence-corrected chi connectivity index (χ0v) is 17.0. The fourth-order valence-corrected chi connectivity index (χ4v) is 6.25. The summed E-state index contributed by atoms with van der Waals surface area (Å²) in [6.07, 6.45) is 17.0. The summed E-state index contributed by atoms with van der Waals surface area (Å²) in [6.45, 7) is 2.41. The van der Waals surface area contributed by atoms with E-state index in [9.17, 15) is 8.78 Å². The van der Waals surface area contributed by atoms with Gasteiger partial charge in [-0.1, -0.05) is 64.4 Å². The molecule has 4 rings (SSSR count). The van der Waals surface area contributed by atoms with Gasteiger partial charge in [0, 0.05) is 0 Å². The van der Waals surface area contributed by atoms with E-state index in [0.717, 1.165) is 48.5 Å². The van der Waals surface area contributed by atoms with Gasteiger partial charge in [0.2, 0.25) is 0 Å². The molecule has 150 valence electrons. The second-order valence-electron chi connectivity index (χ2n) is 9.99. The standard InChI is InChI=1S/C25H36F2/c1-17-2-4-18(5-3-17)6-7-19-8-10-20(11-9-19)21-12-14-23-22(16-21)13-15-24(26)25(23)27/h13,15,17-21H,2-12,14,16H2,1H3. The van der Waals surface area contributed by atoms with Crippen LogP contribution in [0, 0.1) is 41.2 Å². The van der Waals surface area contributed by atoms with E-state index in [1.54, 1.807) is 0 Å². The third-order valence-electron chi connectivity index (χ3n) is 8.22. The van der Waals surface area contributed by atoms with Gasteiger partial charge in [0.05, 0.1) is 0 Å². The number of fused-ring (bicyclic) bond motifs is 1. The van der Waals surface area contributed by atoms with E-state index < -0.39 is 11.6 Å². The van der Waals surface area contributed by atoms with Gasteiger partial charge in [-0.05, 0) is 78.9 Å². The molecule has 0 aromatic heterocycles. The van der Waals surface area contributed by atoms with Crippen LogP contribution >= 0.6 is 0 Å². The number of hydrogen-bond acceptors (Lipinski definition) is 0. The first-order chi connectivity index (χ1) is 13.1. The topological polar surface area (TPSA) is 0 Å². The fourth-order valence-electron chi connectivity index (χ4n) is 6.25. The Balaban J connectivity index is 1.23. The van der Waals surface area contributed by atoms with Gasteiger partial charge in [-0.25, -0.2) is 8.78 Å². The average molecular weight is 375 g/mol. The van der Waals surface area contributed by atoms with Crippen LogP contribution in [0.15, 0.2) is 12.1 Å². The van der Waals surface area contributed by atoms with E-state index in [1.807, 2.05) is 6.07 Å². The molecule has 0 saturated heterocycles. The van der Waals surface area contributed by atoms with Crippen molar-refractivity contribution >= 4 is 0 Å². The SMILES string of the molecule is CC1CCC(CCC2CCC(C3CCc4c(ccc(F)c4F)C3)CC2)CC1. The Bertz CT molecular complexity index is 621. The minimum absolute atomic E-state index is 0.591. The van der Waals surface area contributed by atoms with Gasteiger partial charge in [-0.2, -0.15) is 0 Å². The molecule has 0 bridgehead atoms. The molecule has 0 aliphatic heterocycles. The van der Waals surface area contributed by atoms with Crippen molar-refractivity contribution in [3.63, 3.8) is 0 Å². The molecule has 3 aliphatic carbocycles. The third kappa shape index (κ3) is 4.57. The highest BCUT2D eigenvalue weighted by atomic mass is 19.2. The minimum atomic E-state index is -0.680. The molecule has 0 radical (unpaired) electrons. The van der Waals surface area contributed by atoms with Crippen molar-refractivity contribution in [2.75, 3.05) is 0 Å². The molecule has 0 spiro atoms. The second-order valence-corrected chi connectivity index (χ2v) is 9.99. The predicted octanol–water partition coefficient (Wildman–Crippen LogP) is 7.48. The quantitative estimate of drug-likeness (QED) is 0.512. The molecule has 1 atom stereocenters. The summed E-state index contributed by atoms with van der Waals surface area (Å²) >= 11 is 0. The van der Waals surface area contributed by atoms with Gasteiger partial charge in [-0.3, -0.25) is 0 Å². The maximum absolute atomic E-state index is 14.0. The van der Waals surface area contributed by atoms with Crippen molar-refractivity contribution in [2.45, 2.75) is 90.4 Å². The lowest BCUT2D eigenvalue weighted by molar-refractivity contribution is 0.172. The van der Waals surface area contributed by atoms with Gasteiger partial charge in [0.15, 0.2) is 11.6 Å². The highest BCUT2D eigenvalue weighted by Crippen LogP contribution is 2.42. The summed E-state index contributed by atoms with van der Waals surface area (Å²) in [5.41, 5.74) is 1.72. The first kappa shape index (κ1) is 19.4. The summed E-state index contributed by atoms with van der Waals surface area (Å²) < 4.78 is 27.4. The molecule has 0 nitrogen and oxygen atoms in total. The predicted molar refractivity (Wildman–Crippen MR) is 108 cm³/mol. The summed E-state index contributed by atoms with van der Waals surface area (Å²) in [6, 6.07) is 3.15. The number of benzene rings is 1. The molecule has 0 amide bonds. The Morgan fingerprint density at radius 1 is 0.778 bits per heavy atom. The summed E-state index contributed by atoms with van der Waals surface area (Å²) in [5, 5.41) is 0. The molecule has 2 saturated carbocycles. The molecule has 0 N–H and O–H groups in total. The van der Waals surface area contributed by atoms with Crippen molar-refractivity contribution in [3.05, 3.63) is 34.9 Å². The Hall–Kier alpha value is -0.920. The van der Waals surface area contributed by atoms with Gasteiger partial charge in [-0.15, -0.1) is 0 Å². The summed E-state index contributed by atoms with van der Waals surface area (Å²) in [5.74, 6) is 3.13. The molecular formula is C25H36F2. The Morgan fingerprint density at radius 2 is 1.41 bits per heavy atom. The maximum atomic E-state index is 14.0. The highest BCUT2D eigenvalue weighted by Gasteiger charge is 2.31. The summed E-state index contributed by atoms with van der Waals surface area (Å²) in [7, 11) is 0. The van der Waals surface area contributed by atoms with E-state index >= 15 is 0 Å². The first-order valence-corrected chi connectivity index (χ1v) is 11.6. The van der Waals surface area contributed by atoms with Gasteiger partial charge >= 0.3 is 0 Å². The molecular weight excluding hydrogens is 338 g/mol. The van der Waals surface area contributed by atoms with Gasteiger partial charge in [0.1, 0.15) is 0 Å². The van der Waals surface area contributed by atoms with Crippen molar-refractivity contribution in [2.24, 2.45) is 29.6 Å². The average Bonchev–Trinajstić information content (AvgIpc) is 2.70. The Kier molecular flexibility index (Phi) is 6.19. The van der Waals surface area contributed by atoms with E-state index in [2.05, 4.69) is 6.92 Å². The van der Waals surface area contributed by atoms with E-state index in [4.69, 9.17) is 0 Å².